The molecule has 0 saturated heterocycles. The molecule has 1 aromatic carbocycles. The first kappa shape index (κ1) is 14.0. The van der Waals surface area contributed by atoms with Crippen LogP contribution in [0.2, 0.25) is 0 Å². The van der Waals surface area contributed by atoms with Crippen molar-refractivity contribution in [1.82, 2.24) is 9.55 Å². The van der Waals surface area contributed by atoms with E-state index in [-0.39, 0.29) is 0 Å². The minimum Gasteiger partial charge on any atom is -0.327 e. The predicted octanol–water partition coefficient (Wildman–Crippen LogP) is 4.32. The zero-order chi connectivity index (χ0) is 13.5. The van der Waals surface area contributed by atoms with Crippen molar-refractivity contribution < 1.29 is 0 Å². The molecule has 0 amide bonds. The van der Waals surface area contributed by atoms with Crippen molar-refractivity contribution in [3.05, 3.63) is 27.6 Å². The standard InChI is InChI=1S/C14H16ClIN2S/c1-19-14(5-6-14)9-18-12-3-2-10(16)8-11(12)17-13(18)4-7-15/h2-3,8H,4-7,9H2,1H3. The van der Waals surface area contributed by atoms with E-state index < -0.39 is 0 Å². The normalized spacial score (nSPS) is 17.0. The van der Waals surface area contributed by atoms with Crippen LogP contribution in [0.3, 0.4) is 0 Å². The largest absolute Gasteiger partial charge is 0.327 e. The Bertz CT molecular complexity index is 607. The van der Waals surface area contributed by atoms with E-state index >= 15 is 0 Å². The van der Waals surface area contributed by atoms with Crippen molar-refractivity contribution in [3.63, 3.8) is 0 Å². The summed E-state index contributed by atoms with van der Waals surface area (Å²) in [5, 5.41) is 0. The maximum Gasteiger partial charge on any atom is 0.111 e. The van der Waals surface area contributed by atoms with E-state index in [1.807, 2.05) is 11.8 Å². The molecule has 2 nitrogen and oxygen atoms in total. The zero-order valence-corrected chi connectivity index (χ0v) is 14.6. The highest BCUT2D eigenvalue weighted by molar-refractivity contribution is 14.1. The van der Waals surface area contributed by atoms with Gasteiger partial charge < -0.3 is 4.57 Å². The molecule has 1 heterocycles. The number of thioether (sulfide) groups is 1. The predicted molar refractivity (Wildman–Crippen MR) is 92.4 cm³/mol. The average Bonchev–Trinajstić information content (AvgIpc) is 3.10. The summed E-state index contributed by atoms with van der Waals surface area (Å²) in [5.74, 6) is 1.76. The van der Waals surface area contributed by atoms with Crippen LogP contribution in [0.1, 0.15) is 18.7 Å². The summed E-state index contributed by atoms with van der Waals surface area (Å²) in [4.78, 5) is 4.77. The summed E-state index contributed by atoms with van der Waals surface area (Å²) in [5.41, 5.74) is 2.35. The third-order valence-corrected chi connectivity index (χ3v) is 6.06. The molecule has 102 valence electrons. The first-order valence-electron chi connectivity index (χ1n) is 6.43. The summed E-state index contributed by atoms with van der Waals surface area (Å²) in [6.07, 6.45) is 5.70. The molecule has 1 aromatic heterocycles. The van der Waals surface area contributed by atoms with Crippen LogP contribution in [0.15, 0.2) is 18.2 Å². The molecule has 0 bridgehead atoms. The Morgan fingerprint density at radius 2 is 2.26 bits per heavy atom. The van der Waals surface area contributed by atoms with Gasteiger partial charge in [-0.3, -0.25) is 0 Å². The van der Waals surface area contributed by atoms with Gasteiger partial charge in [0.2, 0.25) is 0 Å². The first-order chi connectivity index (χ1) is 9.17. The van der Waals surface area contributed by atoms with Crippen LogP contribution >= 0.6 is 46.0 Å². The highest BCUT2D eigenvalue weighted by Crippen LogP contribution is 2.49. The molecular formula is C14H16ClIN2S. The minimum atomic E-state index is 0.442. The molecule has 0 spiro atoms. The SMILES string of the molecule is CSC1(Cn2c(CCCl)nc3cc(I)ccc32)CC1. The number of hydrogen-bond donors (Lipinski definition) is 0. The summed E-state index contributed by atoms with van der Waals surface area (Å²) in [6, 6.07) is 6.51. The first-order valence-corrected chi connectivity index (χ1v) is 9.27. The number of imidazole rings is 1. The second-order valence-corrected chi connectivity index (χ2v) is 7.97. The van der Waals surface area contributed by atoms with Gasteiger partial charge in [-0.25, -0.2) is 4.98 Å². The third-order valence-electron chi connectivity index (χ3n) is 3.79. The molecule has 0 radical (unpaired) electrons. The molecule has 1 fully saturated rings. The minimum absolute atomic E-state index is 0.442. The van der Waals surface area contributed by atoms with Crippen LogP contribution in [0.5, 0.6) is 0 Å². The molecule has 0 N–H and O–H groups in total. The van der Waals surface area contributed by atoms with Gasteiger partial charge in [0.1, 0.15) is 5.82 Å². The molecule has 0 aliphatic heterocycles. The molecule has 5 heteroatoms. The van der Waals surface area contributed by atoms with Crippen LogP contribution < -0.4 is 0 Å². The highest BCUT2D eigenvalue weighted by Gasteiger charge is 2.42. The second-order valence-electron chi connectivity index (χ2n) is 5.07. The molecule has 2 aromatic rings. The van der Waals surface area contributed by atoms with Gasteiger partial charge in [-0.05, 0) is 59.9 Å². The Morgan fingerprint density at radius 3 is 2.89 bits per heavy atom. The van der Waals surface area contributed by atoms with Gasteiger partial charge in [-0.15, -0.1) is 11.6 Å². The lowest BCUT2D eigenvalue weighted by molar-refractivity contribution is 0.645. The number of halogens is 2. The number of nitrogens with zero attached hydrogens (tertiary/aromatic N) is 2. The number of rotatable bonds is 5. The Balaban J connectivity index is 2.06. The number of aryl methyl sites for hydroxylation is 1. The Kier molecular flexibility index (Phi) is 4.02. The van der Waals surface area contributed by atoms with Gasteiger partial charge in [-0.1, -0.05) is 0 Å². The average molecular weight is 407 g/mol. The van der Waals surface area contributed by atoms with Crippen molar-refractivity contribution in [2.75, 3.05) is 12.1 Å². The molecule has 1 saturated carbocycles. The smallest absolute Gasteiger partial charge is 0.111 e. The third kappa shape index (κ3) is 2.76. The summed E-state index contributed by atoms with van der Waals surface area (Å²) in [7, 11) is 0. The highest BCUT2D eigenvalue weighted by atomic mass is 127. The van der Waals surface area contributed by atoms with Gasteiger partial charge in [0, 0.05) is 27.2 Å². The molecular weight excluding hydrogens is 391 g/mol. The van der Waals surface area contributed by atoms with Gasteiger partial charge in [0.15, 0.2) is 0 Å². The van der Waals surface area contributed by atoms with Crippen molar-refractivity contribution in [3.8, 4) is 0 Å². The zero-order valence-electron chi connectivity index (χ0n) is 10.8. The fraction of sp³-hybridized carbons (Fsp3) is 0.500. The second kappa shape index (κ2) is 5.45. The summed E-state index contributed by atoms with van der Waals surface area (Å²) in [6.45, 7) is 1.07. The van der Waals surface area contributed by atoms with Crippen LogP contribution in [-0.4, -0.2) is 26.4 Å². The maximum absolute atomic E-state index is 5.93. The van der Waals surface area contributed by atoms with Crippen LogP contribution in [0.4, 0.5) is 0 Å². The summed E-state index contributed by atoms with van der Waals surface area (Å²) >= 11 is 10.3. The van der Waals surface area contributed by atoms with Crippen molar-refractivity contribution in [1.29, 1.82) is 0 Å². The molecule has 0 unspecified atom stereocenters. The lowest BCUT2D eigenvalue weighted by Gasteiger charge is -2.16. The van der Waals surface area contributed by atoms with E-state index in [1.54, 1.807) is 0 Å². The van der Waals surface area contributed by atoms with Gasteiger partial charge >= 0.3 is 0 Å². The fourth-order valence-corrected chi connectivity index (χ4v) is 3.87. The monoisotopic (exact) mass is 406 g/mol. The van der Waals surface area contributed by atoms with E-state index in [2.05, 4.69) is 51.6 Å². The van der Waals surface area contributed by atoms with Crippen molar-refractivity contribution in [2.45, 2.75) is 30.6 Å². The lowest BCUT2D eigenvalue weighted by atomic mass is 10.3. The van der Waals surface area contributed by atoms with Gasteiger partial charge in [-0.2, -0.15) is 11.8 Å². The van der Waals surface area contributed by atoms with E-state index in [0.717, 1.165) is 24.3 Å². The van der Waals surface area contributed by atoms with E-state index in [9.17, 15) is 0 Å². The Morgan fingerprint density at radius 1 is 1.47 bits per heavy atom. The molecule has 3 rings (SSSR count). The number of aromatic nitrogens is 2. The van der Waals surface area contributed by atoms with Crippen LogP contribution in [0.25, 0.3) is 11.0 Å². The van der Waals surface area contributed by atoms with Gasteiger partial charge in [0.25, 0.3) is 0 Å². The summed E-state index contributed by atoms with van der Waals surface area (Å²) < 4.78 is 4.06. The quantitative estimate of drug-likeness (QED) is 0.544. The molecule has 1 aliphatic carbocycles. The van der Waals surface area contributed by atoms with Crippen molar-refractivity contribution >= 4 is 57.0 Å². The Hall–Kier alpha value is 0.0600. The molecule has 1 aliphatic rings. The Labute approximate surface area is 136 Å². The molecule has 0 atom stereocenters. The fourth-order valence-electron chi connectivity index (χ4n) is 2.46. The number of hydrogen-bond acceptors (Lipinski definition) is 2. The number of alkyl halides is 1. The number of benzene rings is 1. The van der Waals surface area contributed by atoms with E-state index in [4.69, 9.17) is 16.6 Å². The van der Waals surface area contributed by atoms with Crippen molar-refractivity contribution in [2.24, 2.45) is 0 Å². The lowest BCUT2D eigenvalue weighted by Crippen LogP contribution is -2.16. The maximum atomic E-state index is 5.93. The van der Waals surface area contributed by atoms with E-state index in [1.165, 1.54) is 21.9 Å². The molecule has 19 heavy (non-hydrogen) atoms. The van der Waals surface area contributed by atoms with Crippen LogP contribution in [0, 0.1) is 3.57 Å². The number of fused-ring (bicyclic) bond motifs is 1. The van der Waals surface area contributed by atoms with Crippen LogP contribution in [-0.2, 0) is 13.0 Å². The van der Waals surface area contributed by atoms with Gasteiger partial charge in [0.05, 0.1) is 11.0 Å². The topological polar surface area (TPSA) is 17.8 Å². The van der Waals surface area contributed by atoms with E-state index in [0.29, 0.717) is 10.6 Å².